The van der Waals surface area contributed by atoms with Crippen molar-refractivity contribution >= 4 is 0 Å². The number of rotatable bonds is 3. The fraction of sp³-hybridized carbons (Fsp3) is 0.647. The van der Waals surface area contributed by atoms with E-state index in [-0.39, 0.29) is 0 Å². The summed E-state index contributed by atoms with van der Waals surface area (Å²) in [5.74, 6) is 1.02. The van der Waals surface area contributed by atoms with Crippen molar-refractivity contribution in [2.45, 2.75) is 25.8 Å². The standard InChI is InChI=1S/C17H26N2O2/c1-13-2-3-15(16(20)12-13)17(14-4-10-21-11-5-14)19-8-6-18-7-9-19/h2-3,12,14,17-18,20H,4-11H2,1H3/t17-/m0/s1. The van der Waals surface area contributed by atoms with Gasteiger partial charge >= 0.3 is 0 Å². The highest BCUT2D eigenvalue weighted by Crippen LogP contribution is 2.39. The van der Waals surface area contributed by atoms with Gasteiger partial charge in [0.1, 0.15) is 5.75 Å². The van der Waals surface area contributed by atoms with Gasteiger partial charge < -0.3 is 15.2 Å². The van der Waals surface area contributed by atoms with Gasteiger partial charge in [-0.05, 0) is 37.3 Å². The fourth-order valence-electron chi connectivity index (χ4n) is 3.64. The molecular weight excluding hydrogens is 264 g/mol. The molecule has 0 radical (unpaired) electrons. The molecule has 2 saturated heterocycles. The third-order valence-electron chi connectivity index (χ3n) is 4.76. The Morgan fingerprint density at radius 3 is 2.62 bits per heavy atom. The minimum Gasteiger partial charge on any atom is -0.508 e. The average molecular weight is 290 g/mol. The average Bonchev–Trinajstić information content (AvgIpc) is 2.52. The van der Waals surface area contributed by atoms with Crippen LogP contribution in [0.3, 0.4) is 0 Å². The zero-order valence-corrected chi connectivity index (χ0v) is 12.8. The lowest BCUT2D eigenvalue weighted by Crippen LogP contribution is -2.47. The van der Waals surface area contributed by atoms with E-state index in [1.165, 1.54) is 0 Å². The van der Waals surface area contributed by atoms with Crippen LogP contribution in [0.2, 0.25) is 0 Å². The first-order valence-electron chi connectivity index (χ1n) is 8.08. The minimum absolute atomic E-state index is 0.316. The number of phenols is 1. The van der Waals surface area contributed by atoms with Crippen LogP contribution in [0.4, 0.5) is 0 Å². The van der Waals surface area contributed by atoms with Crippen LogP contribution in [0.15, 0.2) is 18.2 Å². The maximum absolute atomic E-state index is 10.4. The highest BCUT2D eigenvalue weighted by Gasteiger charge is 2.32. The first-order valence-corrected chi connectivity index (χ1v) is 8.08. The Bertz CT molecular complexity index is 448. The highest BCUT2D eigenvalue weighted by molar-refractivity contribution is 5.38. The van der Waals surface area contributed by atoms with Crippen molar-refractivity contribution in [3.8, 4) is 5.75 Å². The molecule has 0 saturated carbocycles. The largest absolute Gasteiger partial charge is 0.508 e. The van der Waals surface area contributed by atoms with Gasteiger partial charge in [0.25, 0.3) is 0 Å². The van der Waals surface area contributed by atoms with E-state index in [2.05, 4.69) is 22.3 Å². The van der Waals surface area contributed by atoms with Crippen molar-refractivity contribution in [3.63, 3.8) is 0 Å². The van der Waals surface area contributed by atoms with Crippen LogP contribution in [-0.2, 0) is 4.74 Å². The Hall–Kier alpha value is -1.10. The second kappa shape index (κ2) is 6.77. The Kier molecular flexibility index (Phi) is 4.78. The van der Waals surface area contributed by atoms with Gasteiger partial charge in [-0.3, -0.25) is 4.90 Å². The summed E-state index contributed by atoms with van der Waals surface area (Å²) >= 11 is 0. The summed E-state index contributed by atoms with van der Waals surface area (Å²) in [4.78, 5) is 2.54. The Labute approximate surface area is 127 Å². The third kappa shape index (κ3) is 3.39. The maximum atomic E-state index is 10.4. The molecule has 1 aromatic carbocycles. The van der Waals surface area contributed by atoms with Crippen LogP contribution in [0.25, 0.3) is 0 Å². The molecule has 0 unspecified atom stereocenters. The zero-order valence-electron chi connectivity index (χ0n) is 12.8. The highest BCUT2D eigenvalue weighted by atomic mass is 16.5. The number of benzene rings is 1. The van der Waals surface area contributed by atoms with Crippen molar-refractivity contribution < 1.29 is 9.84 Å². The Morgan fingerprint density at radius 2 is 1.95 bits per heavy atom. The number of aromatic hydroxyl groups is 1. The molecule has 0 bridgehead atoms. The van der Waals surface area contributed by atoms with Gasteiger partial charge in [0.15, 0.2) is 0 Å². The van der Waals surface area contributed by atoms with E-state index in [9.17, 15) is 5.11 Å². The number of nitrogens with zero attached hydrogens (tertiary/aromatic N) is 1. The lowest BCUT2D eigenvalue weighted by Gasteiger charge is -2.41. The first-order chi connectivity index (χ1) is 10.3. The van der Waals surface area contributed by atoms with Gasteiger partial charge in [0.2, 0.25) is 0 Å². The molecule has 2 heterocycles. The second-order valence-electron chi connectivity index (χ2n) is 6.24. The van der Waals surface area contributed by atoms with Crippen molar-refractivity contribution in [1.29, 1.82) is 0 Å². The number of piperazine rings is 1. The molecule has 116 valence electrons. The summed E-state index contributed by atoms with van der Waals surface area (Å²) in [7, 11) is 0. The lowest BCUT2D eigenvalue weighted by molar-refractivity contribution is 0.0206. The predicted octanol–water partition coefficient (Wildman–Crippen LogP) is 2.07. The summed E-state index contributed by atoms with van der Waals surface area (Å²) in [6.45, 7) is 7.89. The van der Waals surface area contributed by atoms with E-state index in [0.717, 1.165) is 63.4 Å². The number of phenolic OH excluding ortho intramolecular Hbond substituents is 1. The monoisotopic (exact) mass is 290 g/mol. The van der Waals surface area contributed by atoms with Gasteiger partial charge in [-0.25, -0.2) is 0 Å². The van der Waals surface area contributed by atoms with Crippen LogP contribution in [0.5, 0.6) is 5.75 Å². The van der Waals surface area contributed by atoms with E-state index in [4.69, 9.17) is 4.74 Å². The topological polar surface area (TPSA) is 44.7 Å². The summed E-state index contributed by atoms with van der Waals surface area (Å²) in [6.07, 6.45) is 2.17. The molecule has 2 N–H and O–H groups in total. The molecule has 21 heavy (non-hydrogen) atoms. The van der Waals surface area contributed by atoms with Gasteiger partial charge in [0.05, 0.1) is 0 Å². The van der Waals surface area contributed by atoms with Crippen LogP contribution < -0.4 is 5.32 Å². The van der Waals surface area contributed by atoms with Crippen molar-refractivity contribution in [3.05, 3.63) is 29.3 Å². The van der Waals surface area contributed by atoms with Crippen LogP contribution >= 0.6 is 0 Å². The molecule has 1 atom stereocenters. The first kappa shape index (κ1) is 14.8. The van der Waals surface area contributed by atoms with Crippen molar-refractivity contribution in [1.82, 2.24) is 10.2 Å². The molecule has 4 nitrogen and oxygen atoms in total. The maximum Gasteiger partial charge on any atom is 0.120 e. The summed E-state index contributed by atoms with van der Waals surface area (Å²) in [5.41, 5.74) is 2.21. The molecule has 3 rings (SSSR count). The molecule has 0 spiro atoms. The van der Waals surface area contributed by atoms with Crippen LogP contribution in [-0.4, -0.2) is 49.4 Å². The molecular formula is C17H26N2O2. The number of hydrogen-bond acceptors (Lipinski definition) is 4. The number of ether oxygens (including phenoxy) is 1. The molecule has 2 fully saturated rings. The van der Waals surface area contributed by atoms with Gasteiger partial charge in [-0.1, -0.05) is 12.1 Å². The quantitative estimate of drug-likeness (QED) is 0.894. The second-order valence-corrected chi connectivity index (χ2v) is 6.24. The number of aryl methyl sites for hydroxylation is 1. The van der Waals surface area contributed by atoms with Crippen molar-refractivity contribution in [2.24, 2.45) is 5.92 Å². The summed E-state index contributed by atoms with van der Waals surface area (Å²) < 4.78 is 5.53. The number of nitrogens with one attached hydrogen (secondary N) is 1. The third-order valence-corrected chi connectivity index (χ3v) is 4.76. The van der Waals surface area contributed by atoms with E-state index < -0.39 is 0 Å². The molecule has 4 heteroatoms. The molecule has 2 aliphatic rings. The fourth-order valence-corrected chi connectivity index (χ4v) is 3.64. The Morgan fingerprint density at radius 1 is 1.24 bits per heavy atom. The van der Waals surface area contributed by atoms with Crippen LogP contribution in [0, 0.1) is 12.8 Å². The van der Waals surface area contributed by atoms with Gasteiger partial charge in [0, 0.05) is 51.0 Å². The molecule has 0 aromatic heterocycles. The summed E-state index contributed by atoms with van der Waals surface area (Å²) in [5, 5.41) is 13.9. The normalized spacial score (nSPS) is 23.1. The van der Waals surface area contributed by atoms with E-state index in [1.54, 1.807) is 0 Å². The Balaban J connectivity index is 1.89. The predicted molar refractivity (Wildman–Crippen MR) is 83.6 cm³/mol. The molecule has 0 amide bonds. The molecule has 1 aromatic rings. The molecule has 0 aliphatic carbocycles. The smallest absolute Gasteiger partial charge is 0.120 e. The van der Waals surface area contributed by atoms with E-state index >= 15 is 0 Å². The van der Waals surface area contributed by atoms with Crippen LogP contribution in [0.1, 0.15) is 30.0 Å². The minimum atomic E-state index is 0.316. The summed E-state index contributed by atoms with van der Waals surface area (Å²) in [6, 6.07) is 6.44. The lowest BCUT2D eigenvalue weighted by atomic mass is 9.85. The zero-order chi connectivity index (χ0) is 14.7. The number of hydrogen-bond donors (Lipinski definition) is 2. The van der Waals surface area contributed by atoms with Gasteiger partial charge in [-0.15, -0.1) is 0 Å². The van der Waals surface area contributed by atoms with E-state index in [0.29, 0.717) is 17.7 Å². The van der Waals surface area contributed by atoms with Crippen molar-refractivity contribution in [2.75, 3.05) is 39.4 Å². The molecule has 2 aliphatic heterocycles. The van der Waals surface area contributed by atoms with Gasteiger partial charge in [-0.2, -0.15) is 0 Å². The SMILES string of the molecule is Cc1ccc([C@H](C2CCOCC2)N2CCNCC2)c(O)c1. The van der Waals surface area contributed by atoms with E-state index in [1.807, 2.05) is 13.0 Å².